The number of benzene rings is 2. The molecule has 0 saturated carbocycles. The van der Waals surface area contributed by atoms with E-state index in [4.69, 9.17) is 16.3 Å². The molecule has 0 unspecified atom stereocenters. The molecule has 2 nitrogen and oxygen atoms in total. The summed E-state index contributed by atoms with van der Waals surface area (Å²) in [5.41, 5.74) is 2.27. The van der Waals surface area contributed by atoms with E-state index in [1.165, 1.54) is 7.11 Å². The first-order valence-electron chi connectivity index (χ1n) is 5.67. The van der Waals surface area contributed by atoms with Gasteiger partial charge in [0.05, 0.1) is 12.1 Å². The van der Waals surface area contributed by atoms with Crippen LogP contribution >= 0.6 is 27.5 Å². The summed E-state index contributed by atoms with van der Waals surface area (Å²) in [6.45, 7) is 1.98. The van der Waals surface area contributed by atoms with Gasteiger partial charge in [0.15, 0.2) is 5.78 Å². The van der Waals surface area contributed by atoms with Gasteiger partial charge in [0.25, 0.3) is 0 Å². The topological polar surface area (TPSA) is 26.3 Å². The van der Waals surface area contributed by atoms with Gasteiger partial charge in [-0.1, -0.05) is 39.7 Å². The van der Waals surface area contributed by atoms with Crippen molar-refractivity contribution in [3.05, 3.63) is 62.6 Å². The molecule has 0 heterocycles. The van der Waals surface area contributed by atoms with E-state index in [9.17, 15) is 4.79 Å². The van der Waals surface area contributed by atoms with Crippen LogP contribution in [0.15, 0.2) is 40.9 Å². The first kappa shape index (κ1) is 14.1. The monoisotopic (exact) mass is 338 g/mol. The Morgan fingerprint density at radius 2 is 1.79 bits per heavy atom. The largest absolute Gasteiger partial charge is 0.495 e. The molecule has 0 aliphatic rings. The van der Waals surface area contributed by atoms with E-state index >= 15 is 0 Å². The van der Waals surface area contributed by atoms with Crippen molar-refractivity contribution < 1.29 is 9.53 Å². The number of hydrogen-bond acceptors (Lipinski definition) is 2. The molecule has 0 aliphatic heterocycles. The molecule has 98 valence electrons. The Bertz CT molecular complexity index is 638. The van der Waals surface area contributed by atoms with E-state index in [-0.39, 0.29) is 5.78 Å². The molecule has 0 amide bonds. The molecule has 0 atom stereocenters. The molecular weight excluding hydrogens is 328 g/mol. The fourth-order valence-electron chi connectivity index (χ4n) is 1.70. The Morgan fingerprint density at radius 3 is 2.42 bits per heavy atom. The van der Waals surface area contributed by atoms with Gasteiger partial charge in [0, 0.05) is 15.6 Å². The Balaban J connectivity index is 2.41. The zero-order valence-electron chi connectivity index (χ0n) is 10.5. The Labute approximate surface area is 125 Å². The number of aryl methyl sites for hydroxylation is 1. The Morgan fingerprint density at radius 1 is 1.16 bits per heavy atom. The summed E-state index contributed by atoms with van der Waals surface area (Å²) in [5.74, 6) is 0.439. The molecule has 4 heteroatoms. The number of carbonyl (C=O) groups excluding carboxylic acids is 1. The Hall–Kier alpha value is -1.32. The van der Waals surface area contributed by atoms with Crippen molar-refractivity contribution in [1.82, 2.24) is 0 Å². The second kappa shape index (κ2) is 5.76. The average Bonchev–Trinajstić information content (AvgIpc) is 2.41. The zero-order chi connectivity index (χ0) is 14.0. The molecule has 2 aromatic rings. The SMILES string of the molecule is COc1cc(C(=O)c2ccc(C)c(Br)c2)ccc1Cl. The summed E-state index contributed by atoms with van der Waals surface area (Å²) >= 11 is 9.38. The van der Waals surface area contributed by atoms with E-state index in [2.05, 4.69) is 15.9 Å². The fourth-order valence-corrected chi connectivity index (χ4v) is 2.28. The minimum atomic E-state index is -0.0596. The predicted octanol–water partition coefficient (Wildman–Crippen LogP) is 4.65. The molecule has 0 aliphatic carbocycles. The summed E-state index contributed by atoms with van der Waals surface area (Å²) < 4.78 is 6.04. The van der Waals surface area contributed by atoms with Gasteiger partial charge in [-0.2, -0.15) is 0 Å². The van der Waals surface area contributed by atoms with Gasteiger partial charge in [-0.05, 0) is 36.8 Å². The second-order valence-electron chi connectivity index (χ2n) is 4.14. The highest BCUT2D eigenvalue weighted by Crippen LogP contribution is 2.27. The highest BCUT2D eigenvalue weighted by molar-refractivity contribution is 9.10. The van der Waals surface area contributed by atoms with Gasteiger partial charge >= 0.3 is 0 Å². The molecule has 0 saturated heterocycles. The average molecular weight is 340 g/mol. The van der Waals surface area contributed by atoms with Gasteiger partial charge in [-0.25, -0.2) is 0 Å². The number of carbonyl (C=O) groups is 1. The number of ether oxygens (including phenoxy) is 1. The van der Waals surface area contributed by atoms with Gasteiger partial charge in [0.2, 0.25) is 0 Å². The number of halogens is 2. The van der Waals surface area contributed by atoms with Crippen LogP contribution in [0.3, 0.4) is 0 Å². The maximum atomic E-state index is 12.4. The number of ketones is 1. The van der Waals surface area contributed by atoms with Crippen molar-refractivity contribution in [2.45, 2.75) is 6.92 Å². The lowest BCUT2D eigenvalue weighted by molar-refractivity contribution is 0.103. The van der Waals surface area contributed by atoms with Crippen LogP contribution in [0.2, 0.25) is 5.02 Å². The smallest absolute Gasteiger partial charge is 0.193 e. The Kier molecular flexibility index (Phi) is 4.27. The van der Waals surface area contributed by atoms with Crippen molar-refractivity contribution in [3.8, 4) is 5.75 Å². The quantitative estimate of drug-likeness (QED) is 0.761. The fraction of sp³-hybridized carbons (Fsp3) is 0.133. The summed E-state index contributed by atoms with van der Waals surface area (Å²) in [6.07, 6.45) is 0. The summed E-state index contributed by atoms with van der Waals surface area (Å²) in [5, 5.41) is 0.490. The van der Waals surface area contributed by atoms with Crippen LogP contribution in [-0.2, 0) is 0 Å². The normalized spacial score (nSPS) is 10.3. The van der Waals surface area contributed by atoms with E-state index in [0.29, 0.717) is 21.9 Å². The number of methoxy groups -OCH3 is 1. The maximum Gasteiger partial charge on any atom is 0.193 e. The third-order valence-electron chi connectivity index (χ3n) is 2.85. The lowest BCUT2D eigenvalue weighted by Crippen LogP contribution is -2.02. The molecule has 2 aromatic carbocycles. The van der Waals surface area contributed by atoms with E-state index in [0.717, 1.165) is 10.0 Å². The first-order chi connectivity index (χ1) is 9.02. The molecule has 19 heavy (non-hydrogen) atoms. The highest BCUT2D eigenvalue weighted by atomic mass is 79.9. The van der Waals surface area contributed by atoms with E-state index < -0.39 is 0 Å². The summed E-state index contributed by atoms with van der Waals surface area (Å²) in [4.78, 5) is 12.4. The van der Waals surface area contributed by atoms with Crippen LogP contribution in [0.4, 0.5) is 0 Å². The summed E-state index contributed by atoms with van der Waals surface area (Å²) in [7, 11) is 1.53. The predicted molar refractivity (Wildman–Crippen MR) is 80.3 cm³/mol. The molecule has 0 aromatic heterocycles. The van der Waals surface area contributed by atoms with Gasteiger partial charge in [-0.3, -0.25) is 4.79 Å². The van der Waals surface area contributed by atoms with E-state index in [1.807, 2.05) is 25.1 Å². The van der Waals surface area contributed by atoms with Gasteiger partial charge in [0.1, 0.15) is 5.75 Å². The van der Waals surface area contributed by atoms with Gasteiger partial charge < -0.3 is 4.74 Å². The van der Waals surface area contributed by atoms with Crippen molar-refractivity contribution >= 4 is 33.3 Å². The lowest BCUT2D eigenvalue weighted by Gasteiger charge is -2.07. The van der Waals surface area contributed by atoms with Gasteiger partial charge in [-0.15, -0.1) is 0 Å². The molecule has 0 bridgehead atoms. The first-order valence-corrected chi connectivity index (χ1v) is 6.84. The van der Waals surface area contributed by atoms with Crippen LogP contribution in [0.5, 0.6) is 5.75 Å². The minimum Gasteiger partial charge on any atom is -0.495 e. The van der Waals surface area contributed by atoms with Crippen molar-refractivity contribution in [3.63, 3.8) is 0 Å². The number of hydrogen-bond donors (Lipinski definition) is 0. The molecule has 2 rings (SSSR count). The molecule has 0 fully saturated rings. The molecule has 0 spiro atoms. The molecule has 0 N–H and O–H groups in total. The zero-order valence-corrected chi connectivity index (χ0v) is 12.9. The van der Waals surface area contributed by atoms with Crippen LogP contribution in [0.25, 0.3) is 0 Å². The lowest BCUT2D eigenvalue weighted by atomic mass is 10.0. The van der Waals surface area contributed by atoms with Crippen molar-refractivity contribution in [2.24, 2.45) is 0 Å². The molecule has 0 radical (unpaired) electrons. The second-order valence-corrected chi connectivity index (χ2v) is 5.40. The highest BCUT2D eigenvalue weighted by Gasteiger charge is 2.12. The molecular formula is C15H12BrClO2. The third-order valence-corrected chi connectivity index (χ3v) is 4.01. The standard InChI is InChI=1S/C15H12BrClO2/c1-9-3-4-10(7-12(9)16)15(18)11-5-6-13(17)14(8-11)19-2/h3-8H,1-2H3. The minimum absolute atomic E-state index is 0.0596. The van der Waals surface area contributed by atoms with E-state index in [1.54, 1.807) is 18.2 Å². The van der Waals surface area contributed by atoms with Crippen LogP contribution in [0, 0.1) is 6.92 Å². The maximum absolute atomic E-state index is 12.4. The number of rotatable bonds is 3. The van der Waals surface area contributed by atoms with Crippen molar-refractivity contribution in [1.29, 1.82) is 0 Å². The summed E-state index contributed by atoms with van der Waals surface area (Å²) in [6, 6.07) is 10.5. The van der Waals surface area contributed by atoms with Crippen LogP contribution in [0.1, 0.15) is 21.5 Å². The van der Waals surface area contributed by atoms with Crippen LogP contribution in [-0.4, -0.2) is 12.9 Å². The van der Waals surface area contributed by atoms with Crippen LogP contribution < -0.4 is 4.74 Å². The third kappa shape index (κ3) is 2.99. The van der Waals surface area contributed by atoms with Crippen molar-refractivity contribution in [2.75, 3.05) is 7.11 Å².